The quantitative estimate of drug-likeness (QED) is 0.733. The van der Waals surface area contributed by atoms with Crippen LogP contribution in [-0.2, 0) is 17.8 Å². The second-order valence-corrected chi connectivity index (χ2v) is 3.24. The highest BCUT2D eigenvalue weighted by atomic mass is 16.5. The average molecular weight is 183 g/mol. The van der Waals surface area contributed by atoms with Gasteiger partial charge in [0.05, 0.1) is 25.5 Å². The molecule has 1 heterocycles. The minimum Gasteiger partial charge on any atom is -0.377 e. The van der Waals surface area contributed by atoms with Gasteiger partial charge in [-0.15, -0.1) is 0 Å². The first-order chi connectivity index (χ1) is 6.22. The van der Waals surface area contributed by atoms with Crippen LogP contribution in [-0.4, -0.2) is 22.5 Å². The van der Waals surface area contributed by atoms with Crippen molar-refractivity contribution in [1.82, 2.24) is 9.78 Å². The molecule has 0 radical (unpaired) electrons. The minimum atomic E-state index is 0.282. The second kappa shape index (κ2) is 4.99. The van der Waals surface area contributed by atoms with Gasteiger partial charge in [0, 0.05) is 18.3 Å². The lowest BCUT2D eigenvalue weighted by atomic mass is 10.4. The van der Waals surface area contributed by atoms with Gasteiger partial charge in [-0.2, -0.15) is 5.10 Å². The van der Waals surface area contributed by atoms with Crippen molar-refractivity contribution in [1.29, 1.82) is 0 Å². The molecule has 1 aromatic rings. The number of rotatable bonds is 5. The van der Waals surface area contributed by atoms with Crippen LogP contribution in [0.3, 0.4) is 0 Å². The summed E-state index contributed by atoms with van der Waals surface area (Å²) in [7, 11) is 0. The van der Waals surface area contributed by atoms with Crippen LogP contribution in [0.4, 0.5) is 0 Å². The van der Waals surface area contributed by atoms with E-state index in [2.05, 4.69) is 5.10 Å². The van der Waals surface area contributed by atoms with Crippen LogP contribution in [0.5, 0.6) is 0 Å². The zero-order chi connectivity index (χ0) is 9.68. The molecule has 0 aromatic carbocycles. The molecular formula is C9H17N3O. The lowest BCUT2D eigenvalue weighted by molar-refractivity contribution is 0.0709. The van der Waals surface area contributed by atoms with Crippen LogP contribution in [0.2, 0.25) is 0 Å². The molecule has 2 N–H and O–H groups in total. The van der Waals surface area contributed by atoms with Crippen LogP contribution in [0, 0.1) is 0 Å². The summed E-state index contributed by atoms with van der Waals surface area (Å²) in [5.74, 6) is 0. The van der Waals surface area contributed by atoms with Gasteiger partial charge in [0.1, 0.15) is 0 Å². The molecule has 13 heavy (non-hydrogen) atoms. The van der Waals surface area contributed by atoms with E-state index < -0.39 is 0 Å². The highest BCUT2D eigenvalue weighted by Crippen LogP contribution is 1.96. The van der Waals surface area contributed by atoms with Crippen LogP contribution in [0.25, 0.3) is 0 Å². The van der Waals surface area contributed by atoms with Crippen molar-refractivity contribution < 1.29 is 4.74 Å². The third-order valence-electron chi connectivity index (χ3n) is 1.69. The number of hydrogen-bond donors (Lipinski definition) is 1. The Kier molecular flexibility index (Phi) is 3.92. The Morgan fingerprint density at radius 2 is 2.38 bits per heavy atom. The van der Waals surface area contributed by atoms with Gasteiger partial charge < -0.3 is 10.5 Å². The first kappa shape index (κ1) is 10.2. The molecule has 4 nitrogen and oxygen atoms in total. The highest BCUT2D eigenvalue weighted by molar-refractivity contribution is 5.02. The topological polar surface area (TPSA) is 53.1 Å². The zero-order valence-corrected chi connectivity index (χ0v) is 8.23. The van der Waals surface area contributed by atoms with E-state index in [1.54, 1.807) is 6.20 Å². The van der Waals surface area contributed by atoms with Gasteiger partial charge >= 0.3 is 0 Å². The van der Waals surface area contributed by atoms with Gasteiger partial charge in [-0.1, -0.05) is 0 Å². The number of hydrogen-bond acceptors (Lipinski definition) is 3. The Labute approximate surface area is 78.7 Å². The first-order valence-electron chi connectivity index (χ1n) is 4.55. The fourth-order valence-electron chi connectivity index (χ4n) is 1.02. The summed E-state index contributed by atoms with van der Waals surface area (Å²) in [5, 5.41) is 4.14. The van der Waals surface area contributed by atoms with Crippen molar-refractivity contribution in [2.45, 2.75) is 33.0 Å². The van der Waals surface area contributed by atoms with Crippen molar-refractivity contribution >= 4 is 0 Å². The zero-order valence-electron chi connectivity index (χ0n) is 8.23. The van der Waals surface area contributed by atoms with Crippen molar-refractivity contribution in [3.8, 4) is 0 Å². The Morgan fingerprint density at radius 1 is 1.62 bits per heavy atom. The lowest BCUT2D eigenvalue weighted by Gasteiger charge is -2.06. The molecule has 0 atom stereocenters. The van der Waals surface area contributed by atoms with E-state index in [1.807, 2.05) is 24.7 Å². The molecule has 0 saturated carbocycles. The number of aromatic nitrogens is 2. The van der Waals surface area contributed by atoms with E-state index in [0.717, 1.165) is 12.1 Å². The third kappa shape index (κ3) is 3.57. The van der Waals surface area contributed by atoms with Gasteiger partial charge in [0.2, 0.25) is 0 Å². The van der Waals surface area contributed by atoms with Crippen LogP contribution >= 0.6 is 0 Å². The normalized spacial score (nSPS) is 11.1. The molecule has 0 aliphatic rings. The van der Waals surface area contributed by atoms with Crippen LogP contribution < -0.4 is 5.73 Å². The molecule has 4 heteroatoms. The van der Waals surface area contributed by atoms with Gasteiger partial charge in [-0.05, 0) is 13.8 Å². The highest BCUT2D eigenvalue weighted by Gasteiger charge is 1.97. The summed E-state index contributed by atoms with van der Waals surface area (Å²) in [6.45, 7) is 6.08. The number of ether oxygens (including phenoxy) is 1. The molecule has 0 spiro atoms. The predicted molar refractivity (Wildman–Crippen MR) is 51.2 cm³/mol. The second-order valence-electron chi connectivity index (χ2n) is 3.24. The fourth-order valence-corrected chi connectivity index (χ4v) is 1.02. The monoisotopic (exact) mass is 183 g/mol. The number of nitrogens with zero attached hydrogens (tertiary/aromatic N) is 2. The fraction of sp³-hybridized carbons (Fsp3) is 0.667. The Bertz CT molecular complexity index is 245. The van der Waals surface area contributed by atoms with Gasteiger partial charge in [-0.3, -0.25) is 4.68 Å². The van der Waals surface area contributed by atoms with Gasteiger partial charge in [0.25, 0.3) is 0 Å². The summed E-state index contributed by atoms with van der Waals surface area (Å²) in [4.78, 5) is 0. The Hall–Kier alpha value is -0.870. The van der Waals surface area contributed by atoms with Gasteiger partial charge in [0.15, 0.2) is 0 Å². The molecule has 0 amide bonds. The Morgan fingerprint density at radius 3 is 2.92 bits per heavy atom. The molecule has 0 fully saturated rings. The Balaban J connectivity index is 2.28. The van der Waals surface area contributed by atoms with Gasteiger partial charge in [-0.25, -0.2) is 0 Å². The van der Waals surface area contributed by atoms with E-state index in [0.29, 0.717) is 13.2 Å². The lowest BCUT2D eigenvalue weighted by Crippen LogP contribution is -2.10. The SMILES string of the molecule is CC(C)OCCn1cc(CN)cn1. The molecule has 1 aromatic heterocycles. The van der Waals surface area contributed by atoms with Crippen molar-refractivity contribution in [2.24, 2.45) is 5.73 Å². The number of nitrogens with two attached hydrogens (primary N) is 1. The summed E-state index contributed by atoms with van der Waals surface area (Å²) in [6.07, 6.45) is 4.02. The molecule has 1 rings (SSSR count). The largest absolute Gasteiger partial charge is 0.377 e. The van der Waals surface area contributed by atoms with Crippen LogP contribution in [0.1, 0.15) is 19.4 Å². The van der Waals surface area contributed by atoms with Crippen molar-refractivity contribution in [3.05, 3.63) is 18.0 Å². The molecule has 74 valence electrons. The molecule has 0 saturated heterocycles. The maximum atomic E-state index is 5.46. The van der Waals surface area contributed by atoms with E-state index in [4.69, 9.17) is 10.5 Å². The summed E-state index contributed by atoms with van der Waals surface area (Å²) in [6, 6.07) is 0. The molecule has 0 bridgehead atoms. The molecular weight excluding hydrogens is 166 g/mol. The smallest absolute Gasteiger partial charge is 0.0666 e. The average Bonchev–Trinajstić information content (AvgIpc) is 2.52. The molecule has 0 unspecified atom stereocenters. The predicted octanol–water partition coefficient (Wildman–Crippen LogP) is 0.767. The van der Waals surface area contributed by atoms with E-state index >= 15 is 0 Å². The van der Waals surface area contributed by atoms with E-state index in [1.165, 1.54) is 0 Å². The van der Waals surface area contributed by atoms with E-state index in [-0.39, 0.29) is 6.10 Å². The maximum absolute atomic E-state index is 5.46. The minimum absolute atomic E-state index is 0.282. The summed E-state index contributed by atoms with van der Waals surface area (Å²) < 4.78 is 7.25. The third-order valence-corrected chi connectivity index (χ3v) is 1.69. The van der Waals surface area contributed by atoms with E-state index in [9.17, 15) is 0 Å². The summed E-state index contributed by atoms with van der Waals surface area (Å²) >= 11 is 0. The van der Waals surface area contributed by atoms with Crippen LogP contribution in [0.15, 0.2) is 12.4 Å². The molecule has 0 aliphatic heterocycles. The van der Waals surface area contributed by atoms with Crippen molar-refractivity contribution in [2.75, 3.05) is 6.61 Å². The maximum Gasteiger partial charge on any atom is 0.0666 e. The first-order valence-corrected chi connectivity index (χ1v) is 4.55. The van der Waals surface area contributed by atoms with Crippen molar-refractivity contribution in [3.63, 3.8) is 0 Å². The standard InChI is InChI=1S/C9H17N3O/c1-8(2)13-4-3-12-7-9(5-10)6-11-12/h6-8H,3-5,10H2,1-2H3. The molecule has 0 aliphatic carbocycles. The summed E-state index contributed by atoms with van der Waals surface area (Å²) in [5.41, 5.74) is 6.52.